The Bertz CT molecular complexity index is 520. The first kappa shape index (κ1) is 16.4. The number of sulfonamides is 1. The van der Waals surface area contributed by atoms with Crippen molar-refractivity contribution < 1.29 is 13.2 Å². The second kappa shape index (κ2) is 7.18. The average Bonchev–Trinajstić information content (AvgIpc) is 2.34. The summed E-state index contributed by atoms with van der Waals surface area (Å²) in [5.41, 5.74) is 0. The molecule has 0 aromatic carbocycles. The van der Waals surface area contributed by atoms with Crippen LogP contribution in [0.2, 0.25) is 0 Å². The Labute approximate surface area is 122 Å². The summed E-state index contributed by atoms with van der Waals surface area (Å²) in [7, 11) is -1.99. The predicted octanol–water partition coefficient (Wildman–Crippen LogP) is 1.59. The van der Waals surface area contributed by atoms with Gasteiger partial charge in [-0.25, -0.2) is 18.1 Å². The lowest BCUT2D eigenvalue weighted by Crippen LogP contribution is -2.29. The van der Waals surface area contributed by atoms with E-state index in [-0.39, 0.29) is 17.5 Å². The van der Waals surface area contributed by atoms with Crippen LogP contribution in [0.1, 0.15) is 13.8 Å². The van der Waals surface area contributed by atoms with Gasteiger partial charge in [-0.05, 0) is 35.8 Å². The van der Waals surface area contributed by atoms with Crippen LogP contribution in [0.25, 0.3) is 0 Å². The maximum Gasteiger partial charge on any atom is 0.244 e. The molecule has 1 aromatic heterocycles. The molecule has 1 rings (SSSR count). The summed E-state index contributed by atoms with van der Waals surface area (Å²) < 4.78 is 32.6. The fraction of sp³-hybridized carbons (Fsp3) is 0.545. The van der Waals surface area contributed by atoms with Crippen LogP contribution in [0.15, 0.2) is 21.6 Å². The fourth-order valence-corrected chi connectivity index (χ4v) is 3.04. The normalized spacial score (nSPS) is 11.8. The summed E-state index contributed by atoms with van der Waals surface area (Å²) in [5, 5.41) is 2.76. The third-order valence-electron chi connectivity index (χ3n) is 2.19. The minimum atomic E-state index is -3.61. The quantitative estimate of drug-likeness (QED) is 0.729. The first-order valence-electron chi connectivity index (χ1n) is 5.81. The monoisotopic (exact) mass is 351 g/mol. The second-order valence-electron chi connectivity index (χ2n) is 4.07. The Hall–Kier alpha value is -0.700. The third kappa shape index (κ3) is 5.06. The number of hydrogen-bond acceptors (Lipinski definition) is 5. The van der Waals surface area contributed by atoms with Crippen molar-refractivity contribution in [2.24, 2.45) is 0 Å². The lowest BCUT2D eigenvalue weighted by Gasteiger charge is -2.12. The van der Waals surface area contributed by atoms with E-state index < -0.39 is 10.0 Å². The highest BCUT2D eigenvalue weighted by atomic mass is 79.9. The van der Waals surface area contributed by atoms with Crippen molar-refractivity contribution in [3.63, 3.8) is 0 Å². The predicted molar refractivity (Wildman–Crippen MR) is 77.8 cm³/mol. The molecule has 0 bridgehead atoms. The molecule has 0 aliphatic carbocycles. The van der Waals surface area contributed by atoms with Crippen LogP contribution in [0.4, 0.5) is 5.82 Å². The Morgan fingerprint density at radius 1 is 1.47 bits per heavy atom. The number of nitrogens with one attached hydrogen (secondary N) is 2. The van der Waals surface area contributed by atoms with Gasteiger partial charge in [-0.2, -0.15) is 0 Å². The highest BCUT2D eigenvalue weighted by Crippen LogP contribution is 2.22. The molecule has 0 radical (unpaired) electrons. The molecule has 2 N–H and O–H groups in total. The van der Waals surface area contributed by atoms with Gasteiger partial charge < -0.3 is 10.1 Å². The van der Waals surface area contributed by atoms with E-state index in [2.05, 4.69) is 31.0 Å². The van der Waals surface area contributed by atoms with Crippen LogP contribution in [0.3, 0.4) is 0 Å². The number of hydrogen-bond donors (Lipinski definition) is 2. The zero-order chi connectivity index (χ0) is 14.5. The Balaban J connectivity index is 2.79. The number of ether oxygens (including phenoxy) is 1. The summed E-state index contributed by atoms with van der Waals surface area (Å²) in [6.45, 7) is 4.33. The van der Waals surface area contributed by atoms with Crippen LogP contribution in [0.5, 0.6) is 0 Å². The molecular formula is C11H18BrN3O3S. The van der Waals surface area contributed by atoms with Crippen molar-refractivity contribution in [3.05, 3.63) is 16.7 Å². The summed E-state index contributed by atoms with van der Waals surface area (Å²) >= 11 is 3.21. The average molecular weight is 352 g/mol. The Kier molecular flexibility index (Phi) is 6.18. The molecule has 0 atom stereocenters. The Morgan fingerprint density at radius 2 is 2.16 bits per heavy atom. The molecule has 0 unspecified atom stereocenters. The summed E-state index contributed by atoms with van der Waals surface area (Å²) in [4.78, 5) is 4.12. The topological polar surface area (TPSA) is 80.3 Å². The van der Waals surface area contributed by atoms with Crippen molar-refractivity contribution in [1.82, 2.24) is 9.71 Å². The van der Waals surface area contributed by atoms with Crippen LogP contribution in [-0.2, 0) is 14.8 Å². The van der Waals surface area contributed by atoms with Gasteiger partial charge in [-0.1, -0.05) is 0 Å². The van der Waals surface area contributed by atoms with Crippen molar-refractivity contribution in [2.45, 2.75) is 24.8 Å². The van der Waals surface area contributed by atoms with Gasteiger partial charge >= 0.3 is 0 Å². The molecular weight excluding hydrogens is 334 g/mol. The third-order valence-corrected chi connectivity index (χ3v) is 4.10. The lowest BCUT2D eigenvalue weighted by molar-refractivity contribution is 0.0834. The molecule has 19 heavy (non-hydrogen) atoms. The van der Waals surface area contributed by atoms with Crippen molar-refractivity contribution in [3.8, 4) is 0 Å². The van der Waals surface area contributed by atoms with Crippen LogP contribution in [0, 0.1) is 0 Å². The maximum atomic E-state index is 12.1. The number of halogens is 1. The number of aromatic nitrogens is 1. The molecule has 108 valence electrons. The molecule has 0 amide bonds. The van der Waals surface area contributed by atoms with Gasteiger partial charge in [-0.15, -0.1) is 0 Å². The molecule has 0 saturated carbocycles. The Morgan fingerprint density at radius 3 is 2.74 bits per heavy atom. The number of pyridine rings is 1. The second-order valence-corrected chi connectivity index (χ2v) is 6.72. The summed E-state index contributed by atoms with van der Waals surface area (Å²) in [6.07, 6.45) is 1.61. The van der Waals surface area contributed by atoms with E-state index in [9.17, 15) is 8.42 Å². The minimum Gasteiger partial charge on any atom is -0.377 e. The molecule has 6 nitrogen and oxygen atoms in total. The zero-order valence-electron chi connectivity index (χ0n) is 11.1. The van der Waals surface area contributed by atoms with E-state index >= 15 is 0 Å². The van der Waals surface area contributed by atoms with Gasteiger partial charge in [0.2, 0.25) is 10.0 Å². The largest absolute Gasteiger partial charge is 0.377 e. The van der Waals surface area contributed by atoms with E-state index in [1.54, 1.807) is 7.05 Å². The van der Waals surface area contributed by atoms with E-state index in [1.165, 1.54) is 12.3 Å². The van der Waals surface area contributed by atoms with E-state index in [0.29, 0.717) is 16.9 Å². The van der Waals surface area contributed by atoms with E-state index in [4.69, 9.17) is 4.74 Å². The fourth-order valence-electron chi connectivity index (χ4n) is 1.36. The first-order valence-corrected chi connectivity index (χ1v) is 8.09. The SMILES string of the molecule is CNc1ncc(Br)cc1S(=O)(=O)NCCOC(C)C. The smallest absolute Gasteiger partial charge is 0.244 e. The standard InChI is InChI=1S/C11H18BrN3O3S/c1-8(2)18-5-4-15-19(16,17)10-6-9(12)7-14-11(10)13-3/h6-8,15H,4-5H2,1-3H3,(H,13,14). The number of rotatable bonds is 7. The highest BCUT2D eigenvalue weighted by molar-refractivity contribution is 9.10. The van der Waals surface area contributed by atoms with Crippen molar-refractivity contribution >= 4 is 31.8 Å². The molecule has 0 fully saturated rings. The van der Waals surface area contributed by atoms with Gasteiger partial charge in [0.1, 0.15) is 10.7 Å². The summed E-state index contributed by atoms with van der Waals surface area (Å²) in [5.74, 6) is 0.306. The number of anilines is 1. The van der Waals surface area contributed by atoms with Crippen molar-refractivity contribution in [2.75, 3.05) is 25.5 Å². The zero-order valence-corrected chi connectivity index (χ0v) is 13.5. The maximum absolute atomic E-state index is 12.1. The molecule has 1 heterocycles. The molecule has 0 aliphatic heterocycles. The van der Waals surface area contributed by atoms with Gasteiger partial charge in [0, 0.05) is 24.3 Å². The molecule has 0 saturated heterocycles. The molecule has 1 aromatic rings. The first-order chi connectivity index (χ1) is 8.86. The van der Waals surface area contributed by atoms with Crippen LogP contribution in [-0.4, -0.2) is 39.7 Å². The van der Waals surface area contributed by atoms with Gasteiger partial charge in [0.05, 0.1) is 12.7 Å². The lowest BCUT2D eigenvalue weighted by atomic mass is 10.4. The van der Waals surface area contributed by atoms with E-state index in [1.807, 2.05) is 13.8 Å². The number of nitrogens with zero attached hydrogens (tertiary/aromatic N) is 1. The van der Waals surface area contributed by atoms with Gasteiger partial charge in [0.25, 0.3) is 0 Å². The van der Waals surface area contributed by atoms with Crippen LogP contribution < -0.4 is 10.0 Å². The van der Waals surface area contributed by atoms with Gasteiger partial charge in [0.15, 0.2) is 0 Å². The molecule has 8 heteroatoms. The van der Waals surface area contributed by atoms with Crippen molar-refractivity contribution in [1.29, 1.82) is 0 Å². The van der Waals surface area contributed by atoms with Crippen LogP contribution >= 0.6 is 15.9 Å². The molecule has 0 aliphatic rings. The molecule has 0 spiro atoms. The van der Waals surface area contributed by atoms with E-state index in [0.717, 1.165) is 0 Å². The van der Waals surface area contributed by atoms with Gasteiger partial charge in [-0.3, -0.25) is 0 Å². The highest BCUT2D eigenvalue weighted by Gasteiger charge is 2.19. The minimum absolute atomic E-state index is 0.0740. The summed E-state index contributed by atoms with van der Waals surface area (Å²) in [6, 6.07) is 1.50.